The molecule has 0 spiro atoms. The fourth-order valence-corrected chi connectivity index (χ4v) is 11.5. The van der Waals surface area contributed by atoms with Crippen LogP contribution in [0.25, 0.3) is 0 Å². The van der Waals surface area contributed by atoms with Crippen LogP contribution in [-0.4, -0.2) is 126 Å². The Morgan fingerprint density at radius 2 is 0.925 bits per heavy atom. The number of nitrogens with one attached hydrogen (secondary N) is 5. The quantitative estimate of drug-likeness (QED) is 0.197. The summed E-state index contributed by atoms with van der Waals surface area (Å²) in [6, 6.07) is -1.76. The topological polar surface area (TPSA) is 217 Å². The van der Waals surface area contributed by atoms with E-state index in [9.17, 15) is 39.6 Å². The molecule has 3 atom stereocenters. The number of carbonyl (C=O) groups excluding carboxylic acids is 3. The fraction of sp³-hybridized carbons (Fsp3) is 0.864. The molecule has 3 unspecified atom stereocenters. The second-order valence-electron chi connectivity index (χ2n) is 11.9. The Morgan fingerprint density at radius 3 is 1.23 bits per heavy atom. The molecule has 0 bridgehead atoms. The molecule has 3 fully saturated rings. The third-order valence-electron chi connectivity index (χ3n) is 7.37. The summed E-state index contributed by atoms with van der Waals surface area (Å²) in [4.78, 5) is 39.2. The van der Waals surface area contributed by atoms with Gasteiger partial charge in [-0.15, -0.1) is 0 Å². The lowest BCUT2D eigenvalue weighted by molar-refractivity contribution is 0.185. The second-order valence-corrected chi connectivity index (χ2v) is 18.4. The van der Waals surface area contributed by atoms with Crippen molar-refractivity contribution in [3.63, 3.8) is 0 Å². The molecular formula is C22H40N6O9S3. The SMILES string of the molecule is CC1(NC(=O)NCCN(CCNC(=O)NC2(C)CCS(=O)(=O)C2)C(=O)NC2(C)CCS(=O)(=O)C2)CCS(=O)(=O)C1. The molecule has 230 valence electrons. The maximum atomic E-state index is 13.1. The first kappa shape index (κ1) is 32.2. The van der Waals surface area contributed by atoms with E-state index in [1.807, 2.05) is 0 Å². The van der Waals surface area contributed by atoms with Crippen molar-refractivity contribution >= 4 is 47.6 Å². The maximum Gasteiger partial charge on any atom is 0.317 e. The first-order chi connectivity index (χ1) is 18.2. The Balaban J connectivity index is 1.54. The summed E-state index contributed by atoms with van der Waals surface area (Å²) in [7, 11) is -9.72. The molecule has 0 aromatic heterocycles. The minimum atomic E-state index is -3.28. The smallest absolute Gasteiger partial charge is 0.317 e. The van der Waals surface area contributed by atoms with E-state index in [0.29, 0.717) is 0 Å². The van der Waals surface area contributed by atoms with Gasteiger partial charge in [0.15, 0.2) is 29.5 Å². The van der Waals surface area contributed by atoms with Gasteiger partial charge in [-0.1, -0.05) is 0 Å². The minimum Gasteiger partial charge on any atom is -0.336 e. The van der Waals surface area contributed by atoms with Crippen LogP contribution in [0.5, 0.6) is 0 Å². The molecule has 0 aromatic carbocycles. The highest BCUT2D eigenvalue weighted by molar-refractivity contribution is 7.92. The third kappa shape index (κ3) is 9.36. The van der Waals surface area contributed by atoms with Crippen LogP contribution in [0.15, 0.2) is 0 Å². The fourth-order valence-electron chi connectivity index (χ4n) is 5.22. The largest absolute Gasteiger partial charge is 0.336 e. The van der Waals surface area contributed by atoms with Crippen molar-refractivity contribution in [3.8, 4) is 0 Å². The van der Waals surface area contributed by atoms with Gasteiger partial charge in [0.05, 0.1) is 51.1 Å². The van der Waals surface area contributed by atoms with Gasteiger partial charge in [0.25, 0.3) is 0 Å². The Morgan fingerprint density at radius 1 is 0.600 bits per heavy atom. The van der Waals surface area contributed by atoms with E-state index in [4.69, 9.17) is 0 Å². The molecule has 3 aliphatic heterocycles. The molecule has 3 aliphatic rings. The van der Waals surface area contributed by atoms with Crippen molar-refractivity contribution in [1.29, 1.82) is 0 Å². The van der Waals surface area contributed by atoms with Crippen LogP contribution in [0.1, 0.15) is 40.0 Å². The Labute approximate surface area is 235 Å². The van der Waals surface area contributed by atoms with Gasteiger partial charge in [0.2, 0.25) is 0 Å². The maximum absolute atomic E-state index is 13.1. The van der Waals surface area contributed by atoms with Crippen LogP contribution in [0, 0.1) is 0 Å². The summed E-state index contributed by atoms with van der Waals surface area (Å²) in [5.41, 5.74) is -2.75. The van der Waals surface area contributed by atoms with Gasteiger partial charge in [-0.05, 0) is 40.0 Å². The second kappa shape index (κ2) is 11.5. The molecule has 3 saturated heterocycles. The molecule has 0 radical (unpaired) electrons. The average Bonchev–Trinajstić information content (AvgIpc) is 3.33. The standard InChI is InChI=1S/C22H40N6O9S3/c1-20(4-11-38(32,33)14-20)25-17(29)23-7-9-28(19(31)27-22(3)6-13-40(36,37)16-22)10-8-24-18(30)26-21(2)5-12-39(34,35)15-21/h4-16H2,1-3H3,(H,27,31)(H2,23,25,29)(H2,24,26,30). The number of amides is 6. The summed E-state index contributed by atoms with van der Waals surface area (Å²) in [6.45, 7) is 4.94. The third-order valence-corrected chi connectivity index (χ3v) is 13.1. The monoisotopic (exact) mass is 628 g/mol. The molecule has 3 rings (SSSR count). The van der Waals surface area contributed by atoms with Gasteiger partial charge in [-0.3, -0.25) is 0 Å². The highest BCUT2D eigenvalue weighted by atomic mass is 32.2. The van der Waals surface area contributed by atoms with E-state index in [1.165, 1.54) is 4.90 Å². The van der Waals surface area contributed by atoms with Crippen molar-refractivity contribution in [1.82, 2.24) is 31.5 Å². The van der Waals surface area contributed by atoms with Crippen LogP contribution in [-0.2, 0) is 29.5 Å². The molecule has 15 nitrogen and oxygen atoms in total. The van der Waals surface area contributed by atoms with Crippen LogP contribution in [0.3, 0.4) is 0 Å². The lowest BCUT2D eigenvalue weighted by Gasteiger charge is -2.30. The number of sulfone groups is 3. The summed E-state index contributed by atoms with van der Waals surface area (Å²) in [6.07, 6.45) is 0.828. The van der Waals surface area contributed by atoms with E-state index >= 15 is 0 Å². The summed E-state index contributed by atoms with van der Waals surface area (Å²) < 4.78 is 71.1. The lowest BCUT2D eigenvalue weighted by Crippen LogP contribution is -2.56. The van der Waals surface area contributed by atoms with E-state index in [2.05, 4.69) is 26.6 Å². The summed E-state index contributed by atoms with van der Waals surface area (Å²) in [5, 5.41) is 13.3. The van der Waals surface area contributed by atoms with Crippen molar-refractivity contribution in [3.05, 3.63) is 0 Å². The van der Waals surface area contributed by atoms with E-state index in [-0.39, 0.29) is 80.0 Å². The normalized spacial score (nSPS) is 31.7. The molecular weight excluding hydrogens is 588 g/mol. The minimum absolute atomic E-state index is 0.000771. The molecule has 0 aromatic rings. The first-order valence-corrected chi connectivity index (χ1v) is 18.5. The van der Waals surface area contributed by atoms with Crippen LogP contribution in [0.2, 0.25) is 0 Å². The molecule has 6 amide bonds. The molecule has 3 heterocycles. The lowest BCUT2D eigenvalue weighted by atomic mass is 10.0. The number of rotatable bonds is 9. The number of carbonyl (C=O) groups is 3. The molecule has 0 aliphatic carbocycles. The van der Waals surface area contributed by atoms with E-state index in [0.717, 1.165) is 0 Å². The van der Waals surface area contributed by atoms with E-state index < -0.39 is 64.2 Å². The van der Waals surface area contributed by atoms with Crippen LogP contribution in [0.4, 0.5) is 14.4 Å². The van der Waals surface area contributed by atoms with Crippen molar-refractivity contribution in [2.75, 3.05) is 60.7 Å². The summed E-state index contributed by atoms with van der Waals surface area (Å²) in [5.74, 6) is -0.603. The Hall–Kier alpha value is -2.34. The predicted octanol–water partition coefficient (Wildman–Crippen LogP) is -1.67. The highest BCUT2D eigenvalue weighted by Crippen LogP contribution is 2.24. The van der Waals surface area contributed by atoms with Gasteiger partial charge < -0.3 is 31.5 Å². The van der Waals surface area contributed by atoms with Crippen LogP contribution < -0.4 is 26.6 Å². The van der Waals surface area contributed by atoms with E-state index in [1.54, 1.807) is 20.8 Å². The number of urea groups is 3. The number of nitrogens with zero attached hydrogens (tertiary/aromatic N) is 1. The Bertz CT molecular complexity index is 1270. The van der Waals surface area contributed by atoms with Gasteiger partial charge in [0, 0.05) is 26.2 Å². The molecule has 18 heteroatoms. The number of hydrogen-bond donors (Lipinski definition) is 5. The highest BCUT2D eigenvalue weighted by Gasteiger charge is 2.42. The molecule has 0 saturated carbocycles. The van der Waals surface area contributed by atoms with Gasteiger partial charge in [0.1, 0.15) is 0 Å². The van der Waals surface area contributed by atoms with Crippen molar-refractivity contribution < 1.29 is 39.6 Å². The molecule has 5 N–H and O–H groups in total. The Kier molecular flexibility index (Phi) is 9.25. The van der Waals surface area contributed by atoms with Crippen molar-refractivity contribution in [2.24, 2.45) is 0 Å². The van der Waals surface area contributed by atoms with Gasteiger partial charge in [-0.2, -0.15) is 0 Å². The average molecular weight is 629 g/mol. The zero-order valence-corrected chi connectivity index (χ0v) is 25.5. The first-order valence-electron chi connectivity index (χ1n) is 13.0. The molecule has 40 heavy (non-hydrogen) atoms. The predicted molar refractivity (Wildman–Crippen MR) is 148 cm³/mol. The summed E-state index contributed by atoms with van der Waals surface area (Å²) >= 11 is 0. The van der Waals surface area contributed by atoms with Gasteiger partial charge >= 0.3 is 18.1 Å². The van der Waals surface area contributed by atoms with Gasteiger partial charge in [-0.25, -0.2) is 39.6 Å². The zero-order valence-electron chi connectivity index (χ0n) is 23.0. The van der Waals surface area contributed by atoms with Crippen molar-refractivity contribution in [2.45, 2.75) is 56.7 Å². The van der Waals surface area contributed by atoms with Crippen LogP contribution >= 0.6 is 0 Å². The number of hydrogen-bond acceptors (Lipinski definition) is 9. The zero-order chi connectivity index (χ0) is 30.0.